The van der Waals surface area contributed by atoms with Gasteiger partial charge in [-0.15, -0.1) is 0 Å². The fourth-order valence-electron chi connectivity index (χ4n) is 4.94. The molecule has 0 atom stereocenters. The number of hydrogen-bond donors (Lipinski definition) is 1. The van der Waals surface area contributed by atoms with Gasteiger partial charge >= 0.3 is 0 Å². The SMILES string of the molecule is Cc1nccc2nc(NCCN3CCN(S(=O)(=O)CC(c4ccccc4)c4ccccc4)CC3)ccc12. The summed E-state index contributed by atoms with van der Waals surface area (Å²) >= 11 is 0. The van der Waals surface area contributed by atoms with Gasteiger partial charge in [-0.25, -0.2) is 13.4 Å². The van der Waals surface area contributed by atoms with E-state index in [9.17, 15) is 8.42 Å². The number of sulfonamides is 1. The van der Waals surface area contributed by atoms with E-state index >= 15 is 0 Å². The van der Waals surface area contributed by atoms with Gasteiger partial charge in [0.15, 0.2) is 0 Å². The summed E-state index contributed by atoms with van der Waals surface area (Å²) in [7, 11) is -3.41. The molecule has 1 fully saturated rings. The van der Waals surface area contributed by atoms with Gasteiger partial charge in [0, 0.05) is 62.5 Å². The van der Waals surface area contributed by atoms with Crippen molar-refractivity contribution in [2.45, 2.75) is 12.8 Å². The lowest BCUT2D eigenvalue weighted by Crippen LogP contribution is -2.50. The fourth-order valence-corrected chi connectivity index (χ4v) is 6.68. The molecule has 0 amide bonds. The van der Waals surface area contributed by atoms with Crippen LogP contribution in [0.5, 0.6) is 0 Å². The van der Waals surface area contributed by atoms with Crippen LogP contribution in [0.3, 0.4) is 0 Å². The Morgan fingerprint density at radius 1 is 0.865 bits per heavy atom. The molecular weight excluding hydrogens is 482 g/mol. The van der Waals surface area contributed by atoms with Crippen molar-refractivity contribution in [2.75, 3.05) is 50.3 Å². The molecule has 1 aliphatic rings. The van der Waals surface area contributed by atoms with Crippen LogP contribution < -0.4 is 5.32 Å². The third-order valence-corrected chi connectivity index (χ3v) is 8.96. The Hall–Kier alpha value is -3.33. The first-order chi connectivity index (χ1) is 18.0. The fraction of sp³-hybridized carbons (Fsp3) is 0.310. The van der Waals surface area contributed by atoms with E-state index in [0.29, 0.717) is 13.1 Å². The van der Waals surface area contributed by atoms with Crippen molar-refractivity contribution in [3.05, 3.63) is 102 Å². The lowest BCUT2D eigenvalue weighted by molar-refractivity contribution is 0.194. The van der Waals surface area contributed by atoms with Crippen LogP contribution in [-0.2, 0) is 10.0 Å². The third kappa shape index (κ3) is 6.15. The Kier molecular flexibility index (Phi) is 7.79. The minimum Gasteiger partial charge on any atom is -0.369 e. The number of nitrogens with one attached hydrogen (secondary N) is 1. The molecule has 0 unspecified atom stereocenters. The molecule has 1 saturated heterocycles. The number of benzene rings is 2. The summed E-state index contributed by atoms with van der Waals surface area (Å²) in [5.74, 6) is 0.724. The molecule has 192 valence electrons. The molecule has 2 aromatic heterocycles. The van der Waals surface area contributed by atoms with E-state index in [0.717, 1.165) is 59.7 Å². The van der Waals surface area contributed by atoms with Crippen LogP contribution in [0.1, 0.15) is 22.7 Å². The lowest BCUT2D eigenvalue weighted by Gasteiger charge is -2.34. The van der Waals surface area contributed by atoms with E-state index in [1.807, 2.05) is 79.7 Å². The number of piperazine rings is 1. The van der Waals surface area contributed by atoms with E-state index in [-0.39, 0.29) is 11.7 Å². The molecule has 0 radical (unpaired) electrons. The summed E-state index contributed by atoms with van der Waals surface area (Å²) in [6, 6.07) is 25.8. The molecule has 0 bridgehead atoms. The van der Waals surface area contributed by atoms with Crippen molar-refractivity contribution >= 4 is 26.7 Å². The molecule has 1 aliphatic heterocycles. The molecule has 4 aromatic rings. The molecule has 7 nitrogen and oxygen atoms in total. The highest BCUT2D eigenvalue weighted by molar-refractivity contribution is 7.89. The summed E-state index contributed by atoms with van der Waals surface area (Å²) in [6.45, 7) is 6.04. The second-order valence-electron chi connectivity index (χ2n) is 9.48. The topological polar surface area (TPSA) is 78.4 Å². The standard InChI is InChI=1S/C29H33N5O2S/c1-23-26-12-13-29(32-28(26)14-15-30-23)31-16-17-33-18-20-34(21-19-33)37(35,36)22-27(24-8-4-2-5-9-24)25-10-6-3-7-11-25/h2-15,27H,16-22H2,1H3,(H,31,32). The maximum absolute atomic E-state index is 13.5. The van der Waals surface area contributed by atoms with Crippen LogP contribution in [-0.4, -0.2) is 72.6 Å². The van der Waals surface area contributed by atoms with Crippen molar-refractivity contribution in [1.82, 2.24) is 19.2 Å². The number of rotatable bonds is 9. The maximum Gasteiger partial charge on any atom is 0.215 e. The Morgan fingerprint density at radius 2 is 1.51 bits per heavy atom. The summed E-state index contributed by atoms with van der Waals surface area (Å²) in [5, 5.41) is 4.46. The average Bonchev–Trinajstić information content (AvgIpc) is 2.93. The molecule has 0 aliphatic carbocycles. The number of nitrogens with zero attached hydrogens (tertiary/aromatic N) is 4. The number of anilines is 1. The van der Waals surface area contributed by atoms with Gasteiger partial charge in [-0.2, -0.15) is 4.31 Å². The molecular formula is C29H33N5O2S. The highest BCUT2D eigenvalue weighted by Gasteiger charge is 2.30. The molecule has 1 N–H and O–H groups in total. The summed E-state index contributed by atoms with van der Waals surface area (Å²) in [4.78, 5) is 11.3. The van der Waals surface area contributed by atoms with E-state index in [1.54, 1.807) is 10.5 Å². The average molecular weight is 516 g/mol. The van der Waals surface area contributed by atoms with Crippen LogP contribution in [0.15, 0.2) is 85.1 Å². The van der Waals surface area contributed by atoms with E-state index in [2.05, 4.69) is 26.3 Å². The molecule has 0 spiro atoms. The Morgan fingerprint density at radius 3 is 2.16 bits per heavy atom. The Bertz CT molecular complexity index is 1380. The zero-order valence-corrected chi connectivity index (χ0v) is 21.9. The monoisotopic (exact) mass is 515 g/mol. The predicted molar refractivity (Wildman–Crippen MR) is 149 cm³/mol. The van der Waals surface area contributed by atoms with Gasteiger partial charge in [0.05, 0.1) is 11.3 Å². The first-order valence-corrected chi connectivity index (χ1v) is 14.4. The second kappa shape index (κ2) is 11.4. The first kappa shape index (κ1) is 25.3. The molecule has 0 saturated carbocycles. The normalized spacial score (nSPS) is 15.3. The molecule has 37 heavy (non-hydrogen) atoms. The van der Waals surface area contributed by atoms with Gasteiger partial charge in [-0.1, -0.05) is 60.7 Å². The van der Waals surface area contributed by atoms with Gasteiger partial charge in [-0.05, 0) is 36.2 Å². The number of hydrogen-bond acceptors (Lipinski definition) is 6. The van der Waals surface area contributed by atoms with Gasteiger partial charge < -0.3 is 5.32 Å². The van der Waals surface area contributed by atoms with Crippen molar-refractivity contribution in [1.29, 1.82) is 0 Å². The highest BCUT2D eigenvalue weighted by Crippen LogP contribution is 2.27. The number of aromatic nitrogens is 2. The van der Waals surface area contributed by atoms with E-state index < -0.39 is 10.0 Å². The molecule has 2 aromatic carbocycles. The number of pyridine rings is 2. The number of fused-ring (bicyclic) bond motifs is 1. The zero-order valence-electron chi connectivity index (χ0n) is 21.1. The lowest BCUT2D eigenvalue weighted by atomic mass is 9.93. The smallest absolute Gasteiger partial charge is 0.215 e. The van der Waals surface area contributed by atoms with Crippen LogP contribution in [0, 0.1) is 6.92 Å². The van der Waals surface area contributed by atoms with Crippen molar-refractivity contribution in [3.8, 4) is 0 Å². The van der Waals surface area contributed by atoms with Crippen LogP contribution in [0.25, 0.3) is 10.9 Å². The Balaban J connectivity index is 1.16. The maximum atomic E-state index is 13.5. The summed E-state index contributed by atoms with van der Waals surface area (Å²) < 4.78 is 28.6. The summed E-state index contributed by atoms with van der Waals surface area (Å²) in [6.07, 6.45) is 1.78. The number of aryl methyl sites for hydroxylation is 1. The van der Waals surface area contributed by atoms with Crippen molar-refractivity contribution in [2.24, 2.45) is 0 Å². The van der Waals surface area contributed by atoms with Crippen LogP contribution in [0.4, 0.5) is 5.82 Å². The third-order valence-electron chi connectivity index (χ3n) is 7.06. The van der Waals surface area contributed by atoms with E-state index in [1.165, 1.54) is 0 Å². The van der Waals surface area contributed by atoms with Gasteiger partial charge in [0.25, 0.3) is 0 Å². The van der Waals surface area contributed by atoms with Crippen molar-refractivity contribution < 1.29 is 8.42 Å². The largest absolute Gasteiger partial charge is 0.369 e. The predicted octanol–water partition coefficient (Wildman–Crippen LogP) is 4.13. The molecule has 3 heterocycles. The minimum atomic E-state index is -3.41. The van der Waals surface area contributed by atoms with Gasteiger partial charge in [0.2, 0.25) is 10.0 Å². The highest BCUT2D eigenvalue weighted by atomic mass is 32.2. The van der Waals surface area contributed by atoms with Crippen LogP contribution in [0.2, 0.25) is 0 Å². The minimum absolute atomic E-state index is 0.0746. The van der Waals surface area contributed by atoms with Crippen LogP contribution >= 0.6 is 0 Å². The molecule has 8 heteroatoms. The van der Waals surface area contributed by atoms with Gasteiger partial charge in [-0.3, -0.25) is 9.88 Å². The Labute approximate surface area is 219 Å². The summed E-state index contributed by atoms with van der Waals surface area (Å²) in [5.41, 5.74) is 3.95. The quantitative estimate of drug-likeness (QED) is 0.361. The van der Waals surface area contributed by atoms with Crippen molar-refractivity contribution in [3.63, 3.8) is 0 Å². The second-order valence-corrected chi connectivity index (χ2v) is 11.5. The van der Waals surface area contributed by atoms with Gasteiger partial charge in [0.1, 0.15) is 5.82 Å². The molecule has 5 rings (SSSR count). The first-order valence-electron chi connectivity index (χ1n) is 12.8. The van der Waals surface area contributed by atoms with E-state index in [4.69, 9.17) is 0 Å². The zero-order chi connectivity index (χ0) is 25.7.